The van der Waals surface area contributed by atoms with E-state index in [9.17, 15) is 5.11 Å². The van der Waals surface area contributed by atoms with Crippen LogP contribution in [0.25, 0.3) is 11.1 Å². The van der Waals surface area contributed by atoms with Crippen LogP contribution in [0.2, 0.25) is 0 Å². The number of aromatic nitrogens is 2. The first-order valence-corrected chi connectivity index (χ1v) is 7.41. The van der Waals surface area contributed by atoms with Crippen LogP contribution in [-0.2, 0) is 5.60 Å². The minimum atomic E-state index is -1.09. The summed E-state index contributed by atoms with van der Waals surface area (Å²) in [6.07, 6.45) is 4.58. The SMILES string of the molecule is C[C@](O)(COc1cncnc1)c1ccc(-c2ccccc2)cc1. The van der Waals surface area contributed by atoms with Gasteiger partial charge in [0.2, 0.25) is 0 Å². The molecule has 0 amide bonds. The molecule has 0 aliphatic heterocycles. The molecule has 0 bridgehead atoms. The summed E-state index contributed by atoms with van der Waals surface area (Å²) in [5.74, 6) is 0.536. The van der Waals surface area contributed by atoms with Crippen LogP contribution in [0, 0.1) is 0 Å². The normalized spacial score (nSPS) is 13.3. The topological polar surface area (TPSA) is 55.2 Å². The Morgan fingerprint density at radius 2 is 1.52 bits per heavy atom. The van der Waals surface area contributed by atoms with Gasteiger partial charge in [0.25, 0.3) is 0 Å². The molecule has 3 aromatic rings. The molecule has 1 heterocycles. The van der Waals surface area contributed by atoms with Gasteiger partial charge in [0.1, 0.15) is 18.5 Å². The second-order valence-electron chi connectivity index (χ2n) is 5.58. The molecule has 2 aromatic carbocycles. The van der Waals surface area contributed by atoms with Crippen LogP contribution in [-0.4, -0.2) is 21.7 Å². The summed E-state index contributed by atoms with van der Waals surface area (Å²) in [6, 6.07) is 18.0. The summed E-state index contributed by atoms with van der Waals surface area (Å²) in [6.45, 7) is 1.86. The van der Waals surface area contributed by atoms with E-state index in [4.69, 9.17) is 4.74 Å². The van der Waals surface area contributed by atoms with Crippen molar-refractivity contribution in [3.63, 3.8) is 0 Å². The highest BCUT2D eigenvalue weighted by molar-refractivity contribution is 5.63. The van der Waals surface area contributed by atoms with Gasteiger partial charge >= 0.3 is 0 Å². The molecule has 0 saturated heterocycles. The minimum absolute atomic E-state index is 0.130. The molecule has 1 aromatic heterocycles. The van der Waals surface area contributed by atoms with Crippen molar-refractivity contribution in [2.75, 3.05) is 6.61 Å². The molecule has 0 aliphatic carbocycles. The third-order valence-electron chi connectivity index (χ3n) is 3.67. The molecule has 0 spiro atoms. The van der Waals surface area contributed by atoms with Crippen LogP contribution in [0.15, 0.2) is 73.3 Å². The average molecular weight is 306 g/mol. The molecule has 116 valence electrons. The lowest BCUT2D eigenvalue weighted by molar-refractivity contribution is 0.00738. The van der Waals surface area contributed by atoms with Gasteiger partial charge in [-0.05, 0) is 23.6 Å². The van der Waals surface area contributed by atoms with Crippen molar-refractivity contribution in [3.8, 4) is 16.9 Å². The first-order valence-electron chi connectivity index (χ1n) is 7.41. The molecule has 0 unspecified atom stereocenters. The van der Waals surface area contributed by atoms with E-state index in [0.717, 1.165) is 16.7 Å². The average Bonchev–Trinajstić information content (AvgIpc) is 2.62. The number of nitrogens with zero attached hydrogens (tertiary/aromatic N) is 2. The second-order valence-corrected chi connectivity index (χ2v) is 5.58. The van der Waals surface area contributed by atoms with Crippen LogP contribution in [0.4, 0.5) is 0 Å². The molecule has 1 atom stereocenters. The van der Waals surface area contributed by atoms with Gasteiger partial charge in [0.15, 0.2) is 5.75 Å². The second kappa shape index (κ2) is 6.58. The highest BCUT2D eigenvalue weighted by atomic mass is 16.5. The smallest absolute Gasteiger partial charge is 0.156 e. The molecule has 0 saturated carbocycles. The molecule has 1 N–H and O–H groups in total. The summed E-state index contributed by atoms with van der Waals surface area (Å²) < 4.78 is 5.57. The van der Waals surface area contributed by atoms with Crippen LogP contribution >= 0.6 is 0 Å². The van der Waals surface area contributed by atoms with Gasteiger partial charge in [-0.2, -0.15) is 0 Å². The summed E-state index contributed by atoms with van der Waals surface area (Å²) in [4.78, 5) is 7.77. The number of ether oxygens (including phenoxy) is 1. The number of hydrogen-bond donors (Lipinski definition) is 1. The Kier molecular flexibility index (Phi) is 4.35. The Labute approximate surface area is 135 Å². The van der Waals surface area contributed by atoms with Crippen LogP contribution in [0.1, 0.15) is 12.5 Å². The lowest BCUT2D eigenvalue weighted by Gasteiger charge is -2.24. The maximum absolute atomic E-state index is 10.6. The van der Waals surface area contributed by atoms with E-state index in [0.29, 0.717) is 5.75 Å². The lowest BCUT2D eigenvalue weighted by atomic mass is 9.94. The predicted molar refractivity (Wildman–Crippen MR) is 89.0 cm³/mol. The van der Waals surface area contributed by atoms with Crippen LogP contribution < -0.4 is 4.74 Å². The minimum Gasteiger partial charge on any atom is -0.487 e. The zero-order chi connectivity index (χ0) is 16.1. The molecule has 0 radical (unpaired) electrons. The lowest BCUT2D eigenvalue weighted by Crippen LogP contribution is -2.29. The van der Waals surface area contributed by atoms with Crippen molar-refractivity contribution in [3.05, 3.63) is 78.9 Å². The summed E-state index contributed by atoms with van der Waals surface area (Å²) in [7, 11) is 0. The summed E-state index contributed by atoms with van der Waals surface area (Å²) in [5.41, 5.74) is 1.97. The first kappa shape index (κ1) is 15.2. The van der Waals surface area contributed by atoms with E-state index in [2.05, 4.69) is 22.1 Å². The van der Waals surface area contributed by atoms with E-state index in [1.807, 2.05) is 42.5 Å². The van der Waals surface area contributed by atoms with Crippen molar-refractivity contribution in [2.45, 2.75) is 12.5 Å². The fourth-order valence-corrected chi connectivity index (χ4v) is 2.32. The van der Waals surface area contributed by atoms with Gasteiger partial charge in [-0.15, -0.1) is 0 Å². The highest BCUT2D eigenvalue weighted by Crippen LogP contribution is 2.25. The zero-order valence-corrected chi connectivity index (χ0v) is 12.9. The highest BCUT2D eigenvalue weighted by Gasteiger charge is 2.24. The van der Waals surface area contributed by atoms with Crippen molar-refractivity contribution in [2.24, 2.45) is 0 Å². The van der Waals surface area contributed by atoms with E-state index in [-0.39, 0.29) is 6.61 Å². The predicted octanol–water partition coefficient (Wildman–Crippen LogP) is 3.43. The van der Waals surface area contributed by atoms with Crippen LogP contribution in [0.5, 0.6) is 5.75 Å². The van der Waals surface area contributed by atoms with E-state index in [1.54, 1.807) is 19.3 Å². The summed E-state index contributed by atoms with van der Waals surface area (Å²) >= 11 is 0. The Hall–Kier alpha value is -2.72. The van der Waals surface area contributed by atoms with Gasteiger partial charge in [-0.25, -0.2) is 9.97 Å². The Morgan fingerprint density at radius 1 is 0.913 bits per heavy atom. The van der Waals surface area contributed by atoms with Gasteiger partial charge in [-0.1, -0.05) is 54.6 Å². The van der Waals surface area contributed by atoms with Gasteiger partial charge in [0.05, 0.1) is 12.4 Å². The molecule has 23 heavy (non-hydrogen) atoms. The van der Waals surface area contributed by atoms with Crippen molar-refractivity contribution in [1.29, 1.82) is 0 Å². The Bertz CT molecular complexity index is 741. The number of hydrogen-bond acceptors (Lipinski definition) is 4. The largest absolute Gasteiger partial charge is 0.487 e. The third-order valence-corrected chi connectivity index (χ3v) is 3.67. The standard InChI is InChI=1S/C19H18N2O2/c1-19(22,13-23-18-11-20-14-21-12-18)17-9-7-16(8-10-17)15-5-3-2-4-6-15/h2-12,14,22H,13H2,1H3/t19-/m0/s1. The van der Waals surface area contributed by atoms with E-state index < -0.39 is 5.60 Å². The number of benzene rings is 2. The fourth-order valence-electron chi connectivity index (χ4n) is 2.32. The molecule has 0 fully saturated rings. The monoisotopic (exact) mass is 306 g/mol. The molecule has 3 rings (SSSR count). The Morgan fingerprint density at radius 3 is 2.17 bits per heavy atom. The van der Waals surface area contributed by atoms with Crippen molar-refractivity contribution in [1.82, 2.24) is 9.97 Å². The first-order chi connectivity index (χ1) is 11.1. The van der Waals surface area contributed by atoms with Crippen molar-refractivity contribution >= 4 is 0 Å². The van der Waals surface area contributed by atoms with Crippen LogP contribution in [0.3, 0.4) is 0 Å². The van der Waals surface area contributed by atoms with Gasteiger partial charge in [-0.3, -0.25) is 0 Å². The molecule has 4 nitrogen and oxygen atoms in total. The fraction of sp³-hybridized carbons (Fsp3) is 0.158. The zero-order valence-electron chi connectivity index (χ0n) is 12.9. The summed E-state index contributed by atoms with van der Waals surface area (Å²) in [5, 5.41) is 10.6. The Balaban J connectivity index is 1.72. The maximum atomic E-state index is 10.6. The molecular weight excluding hydrogens is 288 g/mol. The molecule has 4 heteroatoms. The van der Waals surface area contributed by atoms with E-state index >= 15 is 0 Å². The van der Waals surface area contributed by atoms with Gasteiger partial charge in [0, 0.05) is 0 Å². The molecular formula is C19H18N2O2. The number of rotatable bonds is 5. The van der Waals surface area contributed by atoms with Crippen molar-refractivity contribution < 1.29 is 9.84 Å². The quantitative estimate of drug-likeness (QED) is 0.784. The third kappa shape index (κ3) is 3.73. The van der Waals surface area contributed by atoms with Gasteiger partial charge < -0.3 is 9.84 Å². The van der Waals surface area contributed by atoms with E-state index in [1.165, 1.54) is 6.33 Å². The molecule has 0 aliphatic rings. The number of aliphatic hydroxyl groups is 1. The maximum Gasteiger partial charge on any atom is 0.156 e.